The molecule has 0 aliphatic carbocycles. The highest BCUT2D eigenvalue weighted by molar-refractivity contribution is 9.10. The first-order valence-corrected chi connectivity index (χ1v) is 4.43. The molecule has 0 spiro atoms. The molecular weight excluding hydrogens is 218 g/mol. The molecule has 0 heterocycles. The molecule has 2 nitrogen and oxygen atoms in total. The maximum absolute atomic E-state index is 11.2. The first kappa shape index (κ1) is 9.42. The van der Waals surface area contributed by atoms with E-state index in [-0.39, 0.29) is 12.3 Å². The zero-order chi connectivity index (χ0) is 9.14. The number of carbonyl (C=O) groups excluding carboxylic acids is 1. The molecule has 0 aliphatic rings. The van der Waals surface area contributed by atoms with Gasteiger partial charge in [0.2, 0.25) is 0 Å². The van der Waals surface area contributed by atoms with E-state index in [1.807, 2.05) is 19.1 Å². The molecule has 0 bridgehead atoms. The molecule has 0 saturated heterocycles. The van der Waals surface area contributed by atoms with Crippen molar-refractivity contribution in [3.8, 4) is 0 Å². The fraction of sp³-hybridized carbons (Fsp3) is 0.222. The molecule has 2 N–H and O–H groups in total. The highest BCUT2D eigenvalue weighted by Crippen LogP contribution is 2.15. The number of aryl methyl sites for hydroxylation is 1. The van der Waals surface area contributed by atoms with Crippen LogP contribution in [-0.2, 0) is 0 Å². The Hall–Kier alpha value is -0.670. The van der Waals surface area contributed by atoms with E-state index >= 15 is 0 Å². The Balaban J connectivity index is 3.08. The van der Waals surface area contributed by atoms with Gasteiger partial charge < -0.3 is 5.73 Å². The van der Waals surface area contributed by atoms with E-state index in [4.69, 9.17) is 5.73 Å². The van der Waals surface area contributed by atoms with Crippen molar-refractivity contribution in [2.45, 2.75) is 6.92 Å². The molecular formula is C9H10BrNO. The van der Waals surface area contributed by atoms with Crippen molar-refractivity contribution >= 4 is 21.7 Å². The number of rotatable bonds is 2. The van der Waals surface area contributed by atoms with Crippen LogP contribution in [0.1, 0.15) is 15.9 Å². The van der Waals surface area contributed by atoms with Crippen molar-refractivity contribution in [1.29, 1.82) is 0 Å². The van der Waals surface area contributed by atoms with Crippen LogP contribution < -0.4 is 5.73 Å². The third-order valence-corrected chi connectivity index (χ3v) is 2.01. The van der Waals surface area contributed by atoms with Crippen molar-refractivity contribution in [2.75, 3.05) is 6.54 Å². The van der Waals surface area contributed by atoms with Gasteiger partial charge in [-0.3, -0.25) is 4.79 Å². The second kappa shape index (κ2) is 3.83. The minimum atomic E-state index is -0.0283. The SMILES string of the molecule is Cc1cc(Br)cc(C(=O)CN)c1. The highest BCUT2D eigenvalue weighted by atomic mass is 79.9. The number of ketones is 1. The second-order valence-corrected chi connectivity index (χ2v) is 3.56. The van der Waals surface area contributed by atoms with Crippen LogP contribution in [0, 0.1) is 6.92 Å². The van der Waals surface area contributed by atoms with Gasteiger partial charge in [0, 0.05) is 10.0 Å². The van der Waals surface area contributed by atoms with Gasteiger partial charge in [-0.25, -0.2) is 0 Å². The summed E-state index contributed by atoms with van der Waals surface area (Å²) in [7, 11) is 0. The minimum Gasteiger partial charge on any atom is -0.324 e. The van der Waals surface area contributed by atoms with Gasteiger partial charge >= 0.3 is 0 Å². The normalized spacial score (nSPS) is 9.92. The molecule has 0 unspecified atom stereocenters. The number of halogens is 1. The largest absolute Gasteiger partial charge is 0.324 e. The van der Waals surface area contributed by atoms with Crippen molar-refractivity contribution in [3.05, 3.63) is 33.8 Å². The minimum absolute atomic E-state index is 0.0283. The van der Waals surface area contributed by atoms with Crippen LogP contribution in [0.25, 0.3) is 0 Å². The molecule has 0 aliphatic heterocycles. The summed E-state index contributed by atoms with van der Waals surface area (Å²) in [4.78, 5) is 11.2. The number of carbonyl (C=O) groups is 1. The lowest BCUT2D eigenvalue weighted by atomic mass is 10.1. The van der Waals surface area contributed by atoms with Gasteiger partial charge in [0.25, 0.3) is 0 Å². The lowest BCUT2D eigenvalue weighted by Crippen LogP contribution is -2.13. The average molecular weight is 228 g/mol. The fourth-order valence-corrected chi connectivity index (χ4v) is 1.62. The van der Waals surface area contributed by atoms with Gasteiger partial charge in [0.1, 0.15) is 0 Å². The predicted octanol–water partition coefficient (Wildman–Crippen LogP) is 1.90. The van der Waals surface area contributed by atoms with E-state index in [1.54, 1.807) is 6.07 Å². The molecule has 3 heteroatoms. The molecule has 0 saturated carbocycles. The smallest absolute Gasteiger partial charge is 0.176 e. The first-order chi connectivity index (χ1) is 5.63. The Bertz CT molecular complexity index is 289. The van der Waals surface area contributed by atoms with Crippen LogP contribution in [0.15, 0.2) is 22.7 Å². The highest BCUT2D eigenvalue weighted by Gasteiger charge is 2.03. The average Bonchev–Trinajstić information content (AvgIpc) is 2.01. The number of Topliss-reactive ketones (excluding diaryl/α,β-unsaturated/α-hetero) is 1. The molecule has 0 fully saturated rings. The van der Waals surface area contributed by atoms with Crippen LogP contribution in [0.5, 0.6) is 0 Å². The number of hydrogen-bond donors (Lipinski definition) is 1. The van der Waals surface area contributed by atoms with Gasteiger partial charge in [0.15, 0.2) is 5.78 Å². The molecule has 12 heavy (non-hydrogen) atoms. The Labute approximate surface area is 79.9 Å². The monoisotopic (exact) mass is 227 g/mol. The fourth-order valence-electron chi connectivity index (χ4n) is 1.02. The van der Waals surface area contributed by atoms with Crippen molar-refractivity contribution < 1.29 is 4.79 Å². The van der Waals surface area contributed by atoms with Gasteiger partial charge in [-0.2, -0.15) is 0 Å². The Morgan fingerprint density at radius 3 is 2.67 bits per heavy atom. The van der Waals surface area contributed by atoms with E-state index in [1.165, 1.54) is 0 Å². The van der Waals surface area contributed by atoms with Gasteiger partial charge in [0.05, 0.1) is 6.54 Å². The van der Waals surface area contributed by atoms with E-state index in [0.717, 1.165) is 10.0 Å². The summed E-state index contributed by atoms with van der Waals surface area (Å²) in [5.41, 5.74) is 6.97. The van der Waals surface area contributed by atoms with Crippen LogP contribution in [0.3, 0.4) is 0 Å². The third-order valence-electron chi connectivity index (χ3n) is 1.55. The van der Waals surface area contributed by atoms with Gasteiger partial charge in [-0.1, -0.05) is 15.9 Å². The first-order valence-electron chi connectivity index (χ1n) is 3.64. The van der Waals surface area contributed by atoms with E-state index in [9.17, 15) is 4.79 Å². The summed E-state index contributed by atoms with van der Waals surface area (Å²) in [6, 6.07) is 5.56. The van der Waals surface area contributed by atoms with Crippen LogP contribution in [-0.4, -0.2) is 12.3 Å². The second-order valence-electron chi connectivity index (χ2n) is 2.64. The lowest BCUT2D eigenvalue weighted by Gasteiger charge is -2.00. The summed E-state index contributed by atoms with van der Waals surface area (Å²) >= 11 is 3.32. The number of benzene rings is 1. The standard InChI is InChI=1S/C9H10BrNO/c1-6-2-7(9(12)5-11)4-8(10)3-6/h2-4H,5,11H2,1H3. The Morgan fingerprint density at radius 1 is 1.50 bits per heavy atom. The van der Waals surface area contributed by atoms with E-state index < -0.39 is 0 Å². The van der Waals surface area contributed by atoms with Crippen LogP contribution >= 0.6 is 15.9 Å². The van der Waals surface area contributed by atoms with E-state index in [0.29, 0.717) is 5.56 Å². The molecule has 0 amide bonds. The number of nitrogens with two attached hydrogens (primary N) is 1. The quantitative estimate of drug-likeness (QED) is 0.785. The third kappa shape index (κ3) is 2.16. The molecule has 1 aromatic rings. The molecule has 64 valence electrons. The number of hydrogen-bond acceptors (Lipinski definition) is 2. The summed E-state index contributed by atoms with van der Waals surface area (Å²) in [5, 5.41) is 0. The topological polar surface area (TPSA) is 43.1 Å². The molecule has 0 aromatic heterocycles. The van der Waals surface area contributed by atoms with Crippen molar-refractivity contribution in [3.63, 3.8) is 0 Å². The molecule has 1 rings (SSSR count). The van der Waals surface area contributed by atoms with Crippen LogP contribution in [0.4, 0.5) is 0 Å². The maximum atomic E-state index is 11.2. The van der Waals surface area contributed by atoms with Crippen molar-refractivity contribution in [1.82, 2.24) is 0 Å². The van der Waals surface area contributed by atoms with Crippen molar-refractivity contribution in [2.24, 2.45) is 5.73 Å². The zero-order valence-corrected chi connectivity index (χ0v) is 8.39. The van der Waals surface area contributed by atoms with E-state index in [2.05, 4.69) is 15.9 Å². The summed E-state index contributed by atoms with van der Waals surface area (Å²) < 4.78 is 0.916. The molecule has 1 aromatic carbocycles. The summed E-state index contributed by atoms with van der Waals surface area (Å²) in [6.45, 7) is 2.01. The van der Waals surface area contributed by atoms with Gasteiger partial charge in [-0.05, 0) is 30.7 Å². The van der Waals surface area contributed by atoms with Crippen LogP contribution in [0.2, 0.25) is 0 Å². The molecule has 0 atom stereocenters. The summed E-state index contributed by atoms with van der Waals surface area (Å²) in [6.07, 6.45) is 0. The predicted molar refractivity (Wildman–Crippen MR) is 52.3 cm³/mol. The Kier molecular flexibility index (Phi) is 3.00. The molecule has 0 radical (unpaired) electrons. The van der Waals surface area contributed by atoms with Gasteiger partial charge in [-0.15, -0.1) is 0 Å². The lowest BCUT2D eigenvalue weighted by molar-refractivity contribution is 0.100. The maximum Gasteiger partial charge on any atom is 0.176 e. The Morgan fingerprint density at radius 2 is 2.17 bits per heavy atom. The zero-order valence-electron chi connectivity index (χ0n) is 6.80. The summed E-state index contributed by atoms with van der Waals surface area (Å²) in [5.74, 6) is -0.0283.